The fourth-order valence-electron chi connectivity index (χ4n) is 2.28. The van der Waals surface area contributed by atoms with Gasteiger partial charge in [-0.25, -0.2) is 4.37 Å². The summed E-state index contributed by atoms with van der Waals surface area (Å²) in [5.41, 5.74) is 6.68. The van der Waals surface area contributed by atoms with Crippen LogP contribution in [-0.4, -0.2) is 4.37 Å². The average molecular weight is 196 g/mol. The largest absolute Gasteiger partial charge is 0.321 e. The average Bonchev–Trinajstić information content (AvgIpc) is 2.58. The van der Waals surface area contributed by atoms with Crippen molar-refractivity contribution in [3.8, 4) is 0 Å². The number of nitrogens with two attached hydrogens (primary N) is 1. The molecule has 0 radical (unpaired) electrons. The second-order valence-corrected chi connectivity index (χ2v) is 5.71. The van der Waals surface area contributed by atoms with Crippen LogP contribution in [0.25, 0.3) is 0 Å². The molecular weight excluding hydrogens is 180 g/mol. The van der Waals surface area contributed by atoms with Crippen molar-refractivity contribution in [1.82, 2.24) is 4.37 Å². The monoisotopic (exact) mass is 196 g/mol. The molecule has 0 spiro atoms. The molecule has 0 bridgehead atoms. The van der Waals surface area contributed by atoms with Gasteiger partial charge in [0.1, 0.15) is 0 Å². The van der Waals surface area contributed by atoms with Gasteiger partial charge < -0.3 is 5.73 Å². The maximum Gasteiger partial charge on any atom is 0.0525 e. The van der Waals surface area contributed by atoms with E-state index in [2.05, 4.69) is 24.3 Å². The quantitative estimate of drug-likeness (QED) is 0.749. The molecule has 1 atom stereocenters. The molecule has 13 heavy (non-hydrogen) atoms. The summed E-state index contributed by atoms with van der Waals surface area (Å²) in [4.78, 5) is 1.25. The minimum atomic E-state index is -0.0926. The van der Waals surface area contributed by atoms with E-state index >= 15 is 0 Å². The Hall–Kier alpha value is -0.410. The molecular formula is C10H16N2S. The van der Waals surface area contributed by atoms with Crippen molar-refractivity contribution in [2.75, 3.05) is 0 Å². The molecule has 1 aliphatic rings. The third kappa shape index (κ3) is 1.63. The molecule has 1 unspecified atom stereocenters. The first-order chi connectivity index (χ1) is 6.02. The van der Waals surface area contributed by atoms with Gasteiger partial charge in [0.15, 0.2) is 0 Å². The van der Waals surface area contributed by atoms with Gasteiger partial charge in [-0.05, 0) is 42.3 Å². The minimum Gasteiger partial charge on any atom is -0.321 e. The molecule has 0 saturated heterocycles. The molecule has 1 aromatic rings. The first-order valence-corrected chi connectivity index (χ1v) is 5.49. The highest BCUT2D eigenvalue weighted by molar-refractivity contribution is 7.05. The summed E-state index contributed by atoms with van der Waals surface area (Å²) in [6.07, 6.45) is 5.26. The van der Waals surface area contributed by atoms with Crippen LogP contribution in [0.3, 0.4) is 0 Å². The van der Waals surface area contributed by atoms with E-state index in [0.717, 1.165) is 12.8 Å². The van der Waals surface area contributed by atoms with Crippen molar-refractivity contribution in [3.63, 3.8) is 0 Å². The zero-order chi connectivity index (χ0) is 9.53. The maximum absolute atomic E-state index is 6.37. The van der Waals surface area contributed by atoms with E-state index in [4.69, 9.17) is 5.73 Å². The lowest BCUT2D eigenvalue weighted by Gasteiger charge is -2.24. The number of hydrogen-bond donors (Lipinski definition) is 1. The zero-order valence-electron chi connectivity index (χ0n) is 8.21. The van der Waals surface area contributed by atoms with E-state index in [1.165, 1.54) is 11.3 Å². The third-order valence-corrected chi connectivity index (χ3v) is 3.94. The van der Waals surface area contributed by atoms with E-state index in [1.54, 1.807) is 11.5 Å². The first-order valence-electron chi connectivity index (χ1n) is 4.72. The molecule has 2 rings (SSSR count). The Morgan fingerprint density at radius 1 is 1.46 bits per heavy atom. The molecule has 1 heterocycles. The molecule has 1 aliphatic carbocycles. The molecule has 3 heteroatoms. The SMILES string of the molecule is CC1(C)CCC(N)(c2ccns2)C1. The van der Waals surface area contributed by atoms with Gasteiger partial charge in [0, 0.05) is 11.1 Å². The van der Waals surface area contributed by atoms with Gasteiger partial charge in [0.25, 0.3) is 0 Å². The highest BCUT2D eigenvalue weighted by atomic mass is 32.1. The Morgan fingerprint density at radius 2 is 2.23 bits per heavy atom. The molecule has 1 aromatic heterocycles. The minimum absolute atomic E-state index is 0.0926. The van der Waals surface area contributed by atoms with Crippen molar-refractivity contribution >= 4 is 11.5 Å². The normalized spacial score (nSPS) is 32.2. The molecule has 2 N–H and O–H groups in total. The molecule has 0 amide bonds. The van der Waals surface area contributed by atoms with Crippen molar-refractivity contribution < 1.29 is 0 Å². The van der Waals surface area contributed by atoms with Crippen LogP contribution in [0.2, 0.25) is 0 Å². The lowest BCUT2D eigenvalue weighted by atomic mass is 9.87. The Balaban J connectivity index is 2.25. The van der Waals surface area contributed by atoms with Crippen LogP contribution in [-0.2, 0) is 5.54 Å². The fraction of sp³-hybridized carbons (Fsp3) is 0.700. The first kappa shape index (κ1) is 9.16. The summed E-state index contributed by atoms with van der Waals surface area (Å²) in [6, 6.07) is 2.06. The van der Waals surface area contributed by atoms with Gasteiger partial charge in [0.05, 0.1) is 5.54 Å². The van der Waals surface area contributed by atoms with Gasteiger partial charge in [-0.2, -0.15) is 0 Å². The van der Waals surface area contributed by atoms with Gasteiger partial charge in [-0.3, -0.25) is 0 Å². The summed E-state index contributed by atoms with van der Waals surface area (Å²) in [6.45, 7) is 4.59. The molecule has 72 valence electrons. The van der Waals surface area contributed by atoms with Crippen molar-refractivity contribution in [3.05, 3.63) is 17.1 Å². The van der Waals surface area contributed by atoms with E-state index in [1.807, 2.05) is 6.20 Å². The number of nitrogens with zero attached hydrogens (tertiary/aromatic N) is 1. The van der Waals surface area contributed by atoms with E-state index < -0.39 is 0 Å². The summed E-state index contributed by atoms with van der Waals surface area (Å²) in [7, 11) is 0. The van der Waals surface area contributed by atoms with Crippen LogP contribution in [0.15, 0.2) is 12.3 Å². The molecule has 1 fully saturated rings. The molecule has 0 aromatic carbocycles. The van der Waals surface area contributed by atoms with Gasteiger partial charge in [-0.15, -0.1) is 0 Å². The Bertz CT molecular complexity index is 292. The Morgan fingerprint density at radius 3 is 2.69 bits per heavy atom. The van der Waals surface area contributed by atoms with E-state index in [-0.39, 0.29) is 5.54 Å². The van der Waals surface area contributed by atoms with Crippen LogP contribution in [0.4, 0.5) is 0 Å². The van der Waals surface area contributed by atoms with Crippen LogP contribution in [0.5, 0.6) is 0 Å². The molecule has 2 nitrogen and oxygen atoms in total. The maximum atomic E-state index is 6.37. The molecule has 0 aliphatic heterocycles. The topological polar surface area (TPSA) is 38.9 Å². The van der Waals surface area contributed by atoms with Gasteiger partial charge in [-0.1, -0.05) is 13.8 Å². The second-order valence-electron chi connectivity index (χ2n) is 4.87. The lowest BCUT2D eigenvalue weighted by Crippen LogP contribution is -2.33. The van der Waals surface area contributed by atoms with Gasteiger partial charge in [0.2, 0.25) is 0 Å². The summed E-state index contributed by atoms with van der Waals surface area (Å²) in [5.74, 6) is 0. The van der Waals surface area contributed by atoms with Crippen molar-refractivity contribution in [2.45, 2.75) is 38.6 Å². The number of aromatic nitrogens is 1. The number of hydrogen-bond acceptors (Lipinski definition) is 3. The van der Waals surface area contributed by atoms with Crippen LogP contribution >= 0.6 is 11.5 Å². The zero-order valence-corrected chi connectivity index (χ0v) is 9.03. The van der Waals surface area contributed by atoms with Crippen LogP contribution in [0, 0.1) is 5.41 Å². The van der Waals surface area contributed by atoms with E-state index in [0.29, 0.717) is 5.41 Å². The van der Waals surface area contributed by atoms with Crippen LogP contribution in [0.1, 0.15) is 38.0 Å². The van der Waals surface area contributed by atoms with Crippen molar-refractivity contribution in [2.24, 2.45) is 11.1 Å². The summed E-state index contributed by atoms with van der Waals surface area (Å²) >= 11 is 1.54. The van der Waals surface area contributed by atoms with Gasteiger partial charge >= 0.3 is 0 Å². The Kier molecular flexibility index (Phi) is 1.96. The standard InChI is InChI=1S/C10H16N2S/c1-9(2)4-5-10(11,7-9)8-3-6-12-13-8/h3,6H,4-5,7,11H2,1-2H3. The highest BCUT2D eigenvalue weighted by Crippen LogP contribution is 2.47. The van der Waals surface area contributed by atoms with E-state index in [9.17, 15) is 0 Å². The third-order valence-electron chi connectivity index (χ3n) is 2.97. The van der Waals surface area contributed by atoms with Crippen LogP contribution < -0.4 is 5.73 Å². The summed E-state index contributed by atoms with van der Waals surface area (Å²) in [5, 5.41) is 0. The predicted octanol–water partition coefficient (Wildman–Crippen LogP) is 2.51. The van der Waals surface area contributed by atoms with Crippen molar-refractivity contribution in [1.29, 1.82) is 0 Å². The predicted molar refractivity (Wildman–Crippen MR) is 55.6 cm³/mol. The molecule has 1 saturated carbocycles. The number of rotatable bonds is 1. The smallest absolute Gasteiger partial charge is 0.0525 e. The highest BCUT2D eigenvalue weighted by Gasteiger charge is 2.42. The Labute approximate surface area is 83.3 Å². The summed E-state index contributed by atoms with van der Waals surface area (Å²) < 4.78 is 4.12. The lowest BCUT2D eigenvalue weighted by molar-refractivity contribution is 0.342. The fourth-order valence-corrected chi connectivity index (χ4v) is 2.99. The second kappa shape index (κ2) is 2.79.